The van der Waals surface area contributed by atoms with Gasteiger partial charge in [0, 0.05) is 94.9 Å². The Morgan fingerprint density at radius 3 is 0.684 bits per heavy atom. The second-order valence-corrected chi connectivity index (χ2v) is 46.9. The summed E-state index contributed by atoms with van der Waals surface area (Å²) < 4.78 is 83.7. The highest BCUT2D eigenvalue weighted by molar-refractivity contribution is 5.79. The van der Waals surface area contributed by atoms with Crippen LogP contribution in [-0.2, 0) is 124 Å². The van der Waals surface area contributed by atoms with E-state index in [0.29, 0.717) is 130 Å². The van der Waals surface area contributed by atoms with E-state index in [4.69, 9.17) is 75.8 Å². The van der Waals surface area contributed by atoms with Crippen molar-refractivity contribution in [3.63, 3.8) is 0 Å². The van der Waals surface area contributed by atoms with Crippen molar-refractivity contribution in [3.05, 3.63) is 0 Å². The van der Waals surface area contributed by atoms with Gasteiger partial charge < -0.3 is 97.1 Å². The minimum Gasteiger partial charge on any atom is -0.469 e. The summed E-state index contributed by atoms with van der Waals surface area (Å²) in [5.74, 6) is -1.56. The lowest BCUT2D eigenvalue weighted by Crippen LogP contribution is -2.48. The number of rotatable bonds is 34. The predicted molar refractivity (Wildman–Crippen MR) is 519 cm³/mol. The SMILES string of the molecule is COC(=O)C1CCC(OC(=O)C2CCC(COC(=O)C3CC(C)(C)NC3(C)C)CC2)CC1.COC(=O)C1CCC(OC(=O)C2CCC(COC(=O)C3CC(C)(C)NC3(C)C)CC2)CC1.COCCOC(=O)C1CC(C)(C)N(C)C1(C)C.COCCOC(=O)C1CC(C)(C)NC1(C)C.COCCOCCOC(=O)C1CC(C)(C)N(C)C1(C)C.COCCOCCOC(=O)C1CC(C)(C)NC1(C)C. The third kappa shape index (κ3) is 37.2. The van der Waals surface area contributed by atoms with E-state index in [0.717, 1.165) is 116 Å². The quantitative estimate of drug-likeness (QED) is 0.0264. The molecule has 4 saturated carbocycles. The Kier molecular flexibility index (Phi) is 47.0. The van der Waals surface area contributed by atoms with Crippen LogP contribution >= 0.6 is 0 Å². The van der Waals surface area contributed by atoms with Crippen LogP contribution in [0.4, 0.5) is 0 Å². The molecule has 0 amide bonds. The van der Waals surface area contributed by atoms with E-state index in [2.05, 4.69) is 184 Å². The fraction of sp³-hybridized carbons (Fsp3) is 0.904. The van der Waals surface area contributed by atoms with Gasteiger partial charge >= 0.3 is 59.7 Å². The molecular formula is C104H186N6O26. The summed E-state index contributed by atoms with van der Waals surface area (Å²) in [5.41, 5.74) is -1.41. The number of hydrogen-bond acceptors (Lipinski definition) is 32. The third-order valence-corrected chi connectivity index (χ3v) is 30.5. The predicted octanol–water partition coefficient (Wildman–Crippen LogP) is 13.6. The lowest BCUT2D eigenvalue weighted by atomic mass is 9.82. The first-order valence-electron chi connectivity index (χ1n) is 50.4. The Hall–Kier alpha value is -5.78. The van der Waals surface area contributed by atoms with Crippen molar-refractivity contribution >= 4 is 59.7 Å². The smallest absolute Gasteiger partial charge is 0.310 e. The third-order valence-electron chi connectivity index (χ3n) is 30.5. The molecule has 6 heterocycles. The van der Waals surface area contributed by atoms with Crippen LogP contribution in [0.3, 0.4) is 0 Å². The lowest BCUT2D eigenvalue weighted by molar-refractivity contribution is -0.161. The van der Waals surface area contributed by atoms with Gasteiger partial charge in [-0.25, -0.2) is 0 Å². The summed E-state index contributed by atoms with van der Waals surface area (Å²) in [6.07, 6.45) is 17.0. The maximum atomic E-state index is 12.7. The summed E-state index contributed by atoms with van der Waals surface area (Å²) in [7, 11) is 13.4. The molecule has 0 aromatic heterocycles. The molecule has 6 unspecified atom stereocenters. The van der Waals surface area contributed by atoms with Crippen molar-refractivity contribution in [2.24, 2.45) is 71.0 Å². The van der Waals surface area contributed by atoms with E-state index < -0.39 is 0 Å². The fourth-order valence-corrected chi connectivity index (χ4v) is 22.3. The highest BCUT2D eigenvalue weighted by Gasteiger charge is 2.57. The van der Waals surface area contributed by atoms with Crippen molar-refractivity contribution in [3.8, 4) is 0 Å². The summed E-state index contributed by atoms with van der Waals surface area (Å²) >= 11 is 0. The number of likely N-dealkylation sites (tertiary alicyclic amines) is 2. The van der Waals surface area contributed by atoms with Crippen LogP contribution < -0.4 is 21.3 Å². The highest BCUT2D eigenvalue weighted by Crippen LogP contribution is 2.48. The van der Waals surface area contributed by atoms with Crippen LogP contribution in [0.5, 0.6) is 0 Å². The van der Waals surface area contributed by atoms with E-state index in [1.54, 1.807) is 28.4 Å². The first-order valence-corrected chi connectivity index (χ1v) is 50.4. The molecule has 6 aliphatic heterocycles. The minimum atomic E-state index is -0.266. The Balaban J connectivity index is 0.000000295. The highest BCUT2D eigenvalue weighted by atomic mass is 16.6. The zero-order valence-electron chi connectivity index (χ0n) is 90.0. The summed E-state index contributed by atoms with van der Waals surface area (Å²) in [6, 6.07) is 0. The van der Waals surface area contributed by atoms with E-state index in [9.17, 15) is 47.9 Å². The van der Waals surface area contributed by atoms with Crippen molar-refractivity contribution in [2.45, 2.75) is 386 Å². The molecule has 788 valence electrons. The van der Waals surface area contributed by atoms with Crippen molar-refractivity contribution < 1.29 is 124 Å². The number of nitrogens with one attached hydrogen (secondary N) is 4. The summed E-state index contributed by atoms with van der Waals surface area (Å²) in [6.45, 7) is 56.5. The number of esters is 10. The molecule has 136 heavy (non-hydrogen) atoms. The van der Waals surface area contributed by atoms with Crippen LogP contribution in [0.15, 0.2) is 0 Å². The van der Waals surface area contributed by atoms with E-state index in [1.165, 1.54) is 14.2 Å². The Labute approximate surface area is 816 Å². The second kappa shape index (κ2) is 53.0. The van der Waals surface area contributed by atoms with Crippen molar-refractivity contribution in [1.29, 1.82) is 0 Å². The molecule has 32 heteroatoms. The number of ether oxygens (including phenoxy) is 16. The number of carbonyl (C=O) groups excluding carboxylic acids is 10. The first-order chi connectivity index (χ1) is 63.0. The molecule has 0 aromatic rings. The number of carbonyl (C=O) groups is 10. The van der Waals surface area contributed by atoms with Gasteiger partial charge in [0.2, 0.25) is 0 Å². The Morgan fingerprint density at radius 1 is 0.250 bits per heavy atom. The van der Waals surface area contributed by atoms with Gasteiger partial charge in [-0.3, -0.25) is 57.7 Å². The first kappa shape index (κ1) is 121. The monoisotopic (exact) mass is 1940 g/mol. The number of hydrogen-bond donors (Lipinski definition) is 4. The largest absolute Gasteiger partial charge is 0.469 e. The molecule has 0 spiro atoms. The molecule has 6 saturated heterocycles. The van der Waals surface area contributed by atoms with Gasteiger partial charge in [-0.15, -0.1) is 0 Å². The molecule has 32 nitrogen and oxygen atoms in total. The average molecular weight is 1940 g/mol. The Morgan fingerprint density at radius 2 is 0.463 bits per heavy atom. The van der Waals surface area contributed by atoms with Gasteiger partial charge in [0.1, 0.15) is 38.6 Å². The average Bonchev–Trinajstić information content (AvgIpc) is 1.60. The van der Waals surface area contributed by atoms with Gasteiger partial charge in [0.25, 0.3) is 0 Å². The molecule has 4 aliphatic carbocycles. The van der Waals surface area contributed by atoms with Gasteiger partial charge in [-0.2, -0.15) is 0 Å². The van der Waals surface area contributed by atoms with Gasteiger partial charge in [0.05, 0.1) is 139 Å². The lowest BCUT2D eigenvalue weighted by Gasteiger charge is -2.37. The van der Waals surface area contributed by atoms with Gasteiger partial charge in [-0.1, -0.05) is 0 Å². The van der Waals surface area contributed by atoms with Crippen LogP contribution in [-0.4, -0.2) is 297 Å². The van der Waals surface area contributed by atoms with E-state index in [1.807, 2.05) is 27.7 Å². The second-order valence-electron chi connectivity index (χ2n) is 46.9. The maximum Gasteiger partial charge on any atom is 0.310 e. The molecule has 6 atom stereocenters. The van der Waals surface area contributed by atoms with Gasteiger partial charge in [0.15, 0.2) is 0 Å². The molecule has 10 rings (SSSR count). The van der Waals surface area contributed by atoms with Crippen LogP contribution in [0.2, 0.25) is 0 Å². The molecule has 0 bridgehead atoms. The zero-order valence-corrected chi connectivity index (χ0v) is 90.0. The number of nitrogens with zero attached hydrogens (tertiary/aromatic N) is 2. The standard InChI is InChI=1S/2C25H41NO6.C15H29NO4.C14H27NO4.C13H25NO3.C12H23NO3/c2*1-24(2)14-20(25(3,4)26-24)23(29)31-15-16-6-8-18(9-7-16)22(28)32-19-12-10-17(11-13-19)21(27)30-5;1-14(2)11-12(15(3,4)16(14)5)13(17)20-10-9-19-8-7-18-6;1-13(2)10-11(14(3,4)15-13)12(16)19-9-8-18-7-6-17-5;1-12(2)9-10(13(3,4)14(12)5)11(15)17-8-7-16-6;1-11(2)8-9(12(3,4)13-11)10(14)16-7-6-15-5/h2*16-20,26H,6-15H2,1-5H3;12H,7-11H2,1-6H3;11,15H,6-10H2,1-5H3;10H,7-9H2,1-6H3;9,13H,6-8H2,1-5H3. The van der Waals surface area contributed by atoms with Crippen LogP contribution in [0.25, 0.3) is 0 Å². The van der Waals surface area contributed by atoms with E-state index >= 15 is 0 Å². The number of methoxy groups -OCH3 is 6. The van der Waals surface area contributed by atoms with E-state index in [-0.39, 0.29) is 198 Å². The molecular weight excluding hydrogens is 1750 g/mol. The summed E-state index contributed by atoms with van der Waals surface area (Å²) in [5, 5.41) is 14.0. The molecule has 4 N–H and O–H groups in total. The molecule has 10 aliphatic rings. The summed E-state index contributed by atoms with van der Waals surface area (Å²) in [4.78, 5) is 127. The molecule has 0 radical (unpaired) electrons. The minimum absolute atomic E-state index is 0.00551. The van der Waals surface area contributed by atoms with Gasteiger partial charge in [-0.05, 0) is 333 Å². The Bertz CT molecular complexity index is 3610. The van der Waals surface area contributed by atoms with Crippen LogP contribution in [0.1, 0.15) is 307 Å². The van der Waals surface area contributed by atoms with Crippen molar-refractivity contribution in [2.75, 3.05) is 149 Å². The van der Waals surface area contributed by atoms with Crippen molar-refractivity contribution in [1.82, 2.24) is 31.1 Å². The normalized spacial score (nSPS) is 29.5. The topological polar surface area (TPSA) is 373 Å². The molecule has 0 aromatic carbocycles. The zero-order chi connectivity index (χ0) is 103. The fourth-order valence-electron chi connectivity index (χ4n) is 22.3. The maximum absolute atomic E-state index is 12.7. The van der Waals surface area contributed by atoms with Crippen LogP contribution in [0, 0.1) is 71.0 Å². The molecule has 10 fully saturated rings.